The highest BCUT2D eigenvalue weighted by molar-refractivity contribution is 6.99. The van der Waals surface area contributed by atoms with Gasteiger partial charge in [0.05, 0.1) is 17.4 Å². The summed E-state index contributed by atoms with van der Waals surface area (Å²) in [5.74, 6) is 0. The van der Waals surface area contributed by atoms with Gasteiger partial charge in [-0.1, -0.05) is 12.2 Å². The first-order valence-corrected chi connectivity index (χ1v) is 7.42. The van der Waals surface area contributed by atoms with Gasteiger partial charge < -0.3 is 5.32 Å². The van der Waals surface area contributed by atoms with Gasteiger partial charge in [0.15, 0.2) is 0 Å². The fraction of sp³-hybridized carbons (Fsp3) is 0.571. The summed E-state index contributed by atoms with van der Waals surface area (Å²) < 4.78 is 8.95. The van der Waals surface area contributed by atoms with Gasteiger partial charge in [0, 0.05) is 6.04 Å². The van der Waals surface area contributed by atoms with Gasteiger partial charge in [0.1, 0.15) is 5.69 Å². The third-order valence-electron chi connectivity index (χ3n) is 3.33. The molecule has 98 valence electrons. The molecule has 2 heterocycles. The van der Waals surface area contributed by atoms with Crippen LogP contribution in [0.3, 0.4) is 0 Å². The molecule has 0 radical (unpaired) electrons. The summed E-state index contributed by atoms with van der Waals surface area (Å²) >= 11 is 1.34. The van der Waals surface area contributed by atoms with Crippen molar-refractivity contribution in [3.05, 3.63) is 30.1 Å². The molecule has 0 spiro atoms. The number of hydrogen-bond donors (Lipinski definition) is 1. The van der Waals surface area contributed by atoms with Crippen LogP contribution in [0.25, 0.3) is 5.57 Å². The van der Waals surface area contributed by atoms with Crippen molar-refractivity contribution in [1.82, 2.24) is 14.1 Å². The SMILES string of the molecule is C=CCCCCc1nsnc1C1=CCCNC1C. The lowest BCUT2D eigenvalue weighted by atomic mass is 9.97. The topological polar surface area (TPSA) is 37.8 Å². The van der Waals surface area contributed by atoms with E-state index in [0.717, 1.165) is 31.5 Å². The van der Waals surface area contributed by atoms with E-state index in [-0.39, 0.29) is 0 Å². The van der Waals surface area contributed by atoms with Gasteiger partial charge in [-0.2, -0.15) is 8.75 Å². The first-order valence-electron chi connectivity index (χ1n) is 6.69. The van der Waals surface area contributed by atoms with E-state index in [1.165, 1.54) is 35.8 Å². The molecule has 1 unspecified atom stereocenters. The lowest BCUT2D eigenvalue weighted by molar-refractivity contribution is 0.624. The first-order chi connectivity index (χ1) is 8.83. The molecule has 1 aliphatic heterocycles. The van der Waals surface area contributed by atoms with Crippen LogP contribution in [0.1, 0.15) is 44.0 Å². The highest BCUT2D eigenvalue weighted by atomic mass is 32.1. The Labute approximate surface area is 113 Å². The third kappa shape index (κ3) is 3.27. The van der Waals surface area contributed by atoms with Gasteiger partial charge in [-0.15, -0.1) is 6.58 Å². The monoisotopic (exact) mass is 263 g/mol. The third-order valence-corrected chi connectivity index (χ3v) is 3.89. The van der Waals surface area contributed by atoms with Crippen molar-refractivity contribution in [1.29, 1.82) is 0 Å². The van der Waals surface area contributed by atoms with Gasteiger partial charge in [-0.05, 0) is 51.1 Å². The normalized spacial score (nSPS) is 19.6. The van der Waals surface area contributed by atoms with Crippen LogP contribution < -0.4 is 5.32 Å². The predicted molar refractivity (Wildman–Crippen MR) is 77.7 cm³/mol. The van der Waals surface area contributed by atoms with Crippen molar-refractivity contribution >= 4 is 17.3 Å². The molecular formula is C14H21N3S. The van der Waals surface area contributed by atoms with Crippen LogP contribution in [0.5, 0.6) is 0 Å². The maximum Gasteiger partial charge on any atom is 0.105 e. The molecule has 2 rings (SSSR count). The predicted octanol–water partition coefficient (Wildman–Crippen LogP) is 3.20. The minimum absolute atomic E-state index is 0.398. The highest BCUT2D eigenvalue weighted by Gasteiger charge is 2.19. The van der Waals surface area contributed by atoms with Crippen molar-refractivity contribution < 1.29 is 0 Å². The lowest BCUT2D eigenvalue weighted by Crippen LogP contribution is -2.31. The molecule has 0 amide bonds. The van der Waals surface area contributed by atoms with Crippen LogP contribution in [0, 0.1) is 0 Å². The number of nitrogens with one attached hydrogen (secondary N) is 1. The molecule has 18 heavy (non-hydrogen) atoms. The lowest BCUT2D eigenvalue weighted by Gasteiger charge is -2.21. The molecule has 0 aliphatic carbocycles. The van der Waals surface area contributed by atoms with Crippen molar-refractivity contribution in [3.8, 4) is 0 Å². The van der Waals surface area contributed by atoms with Gasteiger partial charge in [-0.3, -0.25) is 0 Å². The molecule has 0 saturated heterocycles. The van der Waals surface area contributed by atoms with Crippen LogP contribution >= 0.6 is 11.7 Å². The van der Waals surface area contributed by atoms with Crippen molar-refractivity contribution in [2.24, 2.45) is 0 Å². The molecule has 0 saturated carbocycles. The number of aromatic nitrogens is 2. The summed E-state index contributed by atoms with van der Waals surface area (Å²) in [6.07, 6.45) is 9.86. The smallest absolute Gasteiger partial charge is 0.105 e. The maximum atomic E-state index is 4.49. The van der Waals surface area contributed by atoms with Crippen molar-refractivity contribution in [2.75, 3.05) is 6.54 Å². The number of rotatable bonds is 6. The van der Waals surface area contributed by atoms with E-state index < -0.39 is 0 Å². The van der Waals surface area contributed by atoms with E-state index in [1.807, 2.05) is 6.08 Å². The summed E-state index contributed by atoms with van der Waals surface area (Å²) in [7, 11) is 0. The van der Waals surface area contributed by atoms with Crippen LogP contribution in [0.15, 0.2) is 18.7 Å². The van der Waals surface area contributed by atoms with Crippen molar-refractivity contribution in [3.63, 3.8) is 0 Å². The molecule has 1 aliphatic rings. The van der Waals surface area contributed by atoms with Gasteiger partial charge in [0.25, 0.3) is 0 Å². The Morgan fingerprint density at radius 1 is 1.50 bits per heavy atom. The quantitative estimate of drug-likeness (QED) is 0.632. The average Bonchev–Trinajstić information content (AvgIpc) is 2.83. The molecule has 0 bridgehead atoms. The van der Waals surface area contributed by atoms with E-state index in [4.69, 9.17) is 0 Å². The van der Waals surface area contributed by atoms with Crippen LogP contribution in [0.2, 0.25) is 0 Å². The van der Waals surface area contributed by atoms with E-state index in [2.05, 4.69) is 33.6 Å². The minimum atomic E-state index is 0.398. The minimum Gasteiger partial charge on any atom is -0.310 e. The molecule has 1 N–H and O–H groups in total. The Bertz CT molecular complexity index is 422. The second kappa shape index (κ2) is 6.81. The highest BCUT2D eigenvalue weighted by Crippen LogP contribution is 2.24. The first kappa shape index (κ1) is 13.4. The Morgan fingerprint density at radius 3 is 3.17 bits per heavy atom. The largest absolute Gasteiger partial charge is 0.310 e. The molecule has 1 aromatic heterocycles. The average molecular weight is 263 g/mol. The molecule has 3 nitrogen and oxygen atoms in total. The number of aryl methyl sites for hydroxylation is 1. The van der Waals surface area contributed by atoms with Crippen LogP contribution in [-0.4, -0.2) is 21.3 Å². The Hall–Kier alpha value is -1.00. The summed E-state index contributed by atoms with van der Waals surface area (Å²) in [4.78, 5) is 0. The number of allylic oxidation sites excluding steroid dienone is 1. The fourth-order valence-electron chi connectivity index (χ4n) is 2.29. The summed E-state index contributed by atoms with van der Waals surface area (Å²) in [6.45, 7) is 7.02. The standard InChI is InChI=1S/C14H21N3S/c1-3-4-5-6-9-13-14(17-18-16-13)12-8-7-10-15-11(12)2/h3,8,11,15H,1,4-7,9-10H2,2H3. The maximum absolute atomic E-state index is 4.49. The van der Waals surface area contributed by atoms with Crippen LogP contribution in [0.4, 0.5) is 0 Å². The van der Waals surface area contributed by atoms with E-state index >= 15 is 0 Å². The number of unbranched alkanes of at least 4 members (excludes halogenated alkanes) is 2. The summed E-state index contributed by atoms with van der Waals surface area (Å²) in [5, 5.41) is 3.48. The summed E-state index contributed by atoms with van der Waals surface area (Å²) in [5.41, 5.74) is 3.62. The van der Waals surface area contributed by atoms with Gasteiger partial charge in [-0.25, -0.2) is 0 Å². The van der Waals surface area contributed by atoms with E-state index in [9.17, 15) is 0 Å². The second-order valence-electron chi connectivity index (χ2n) is 4.72. The molecular weight excluding hydrogens is 242 g/mol. The number of hydrogen-bond acceptors (Lipinski definition) is 4. The second-order valence-corrected chi connectivity index (χ2v) is 5.25. The number of nitrogens with zero attached hydrogens (tertiary/aromatic N) is 2. The van der Waals surface area contributed by atoms with Crippen molar-refractivity contribution in [2.45, 2.75) is 45.1 Å². The molecule has 4 heteroatoms. The molecule has 0 fully saturated rings. The molecule has 0 aromatic carbocycles. The zero-order chi connectivity index (χ0) is 12.8. The van der Waals surface area contributed by atoms with E-state index in [1.54, 1.807) is 0 Å². The molecule has 1 atom stereocenters. The van der Waals surface area contributed by atoms with Gasteiger partial charge >= 0.3 is 0 Å². The zero-order valence-electron chi connectivity index (χ0n) is 11.0. The zero-order valence-corrected chi connectivity index (χ0v) is 11.8. The summed E-state index contributed by atoms with van der Waals surface area (Å²) in [6, 6.07) is 0.398. The van der Waals surface area contributed by atoms with Gasteiger partial charge in [0.2, 0.25) is 0 Å². The molecule has 1 aromatic rings. The Morgan fingerprint density at radius 2 is 2.39 bits per heavy atom. The fourth-order valence-corrected chi connectivity index (χ4v) is 2.90. The Kier molecular flexibility index (Phi) is 5.08. The van der Waals surface area contributed by atoms with E-state index in [0.29, 0.717) is 6.04 Å². The Balaban J connectivity index is 2.02. The van der Waals surface area contributed by atoms with Crippen LogP contribution in [-0.2, 0) is 6.42 Å².